The number of benzene rings is 1. The van der Waals surface area contributed by atoms with E-state index in [2.05, 4.69) is 40.1 Å². The molecular formula is C22H31N3O2. The molecule has 146 valence electrons. The zero-order chi connectivity index (χ0) is 18.6. The fourth-order valence-electron chi connectivity index (χ4n) is 4.88. The molecule has 0 unspecified atom stereocenters. The molecule has 5 rings (SSSR count). The molecule has 27 heavy (non-hydrogen) atoms. The maximum atomic E-state index is 12.9. The Morgan fingerprint density at radius 2 is 1.89 bits per heavy atom. The summed E-state index contributed by atoms with van der Waals surface area (Å²) in [5.74, 6) is 1.03. The predicted octanol–water partition coefficient (Wildman–Crippen LogP) is 2.51. The van der Waals surface area contributed by atoms with E-state index in [0.717, 1.165) is 45.6 Å². The summed E-state index contributed by atoms with van der Waals surface area (Å²) in [7, 11) is 0. The summed E-state index contributed by atoms with van der Waals surface area (Å²) < 4.78 is 0. The second kappa shape index (κ2) is 8.42. The van der Waals surface area contributed by atoms with Gasteiger partial charge in [0.15, 0.2) is 0 Å². The SMILES string of the molecule is O=C1CCCCN1CCC(=O)N1C[C@@H]2CC[C@H](C1)N(Cc1ccccc1)C2. The molecule has 4 saturated heterocycles. The lowest BCUT2D eigenvalue weighted by atomic mass is 9.94. The molecule has 2 bridgehead atoms. The summed E-state index contributed by atoms with van der Waals surface area (Å²) in [5.41, 5.74) is 1.35. The Kier molecular flexibility index (Phi) is 5.77. The number of amides is 2. The number of fused-ring (bicyclic) bond motifs is 4. The first-order chi connectivity index (χ1) is 13.2. The molecule has 5 heteroatoms. The van der Waals surface area contributed by atoms with Gasteiger partial charge in [-0.2, -0.15) is 0 Å². The van der Waals surface area contributed by atoms with Crippen LogP contribution < -0.4 is 0 Å². The third-order valence-corrected chi connectivity index (χ3v) is 6.43. The van der Waals surface area contributed by atoms with Crippen molar-refractivity contribution in [3.8, 4) is 0 Å². The van der Waals surface area contributed by atoms with Crippen molar-refractivity contribution in [3.05, 3.63) is 35.9 Å². The van der Waals surface area contributed by atoms with E-state index in [1.165, 1.54) is 18.4 Å². The standard InChI is InChI=1S/C22H31N3O2/c26-21-8-4-5-12-23(21)13-11-22(27)25-16-19-9-10-20(17-25)24(15-19)14-18-6-2-1-3-7-18/h1-3,6-7,19-20H,4-5,8-17H2/t19-,20-/m1/s1. The molecule has 0 aliphatic carbocycles. The van der Waals surface area contributed by atoms with Crippen LogP contribution in [0.15, 0.2) is 30.3 Å². The second-order valence-corrected chi connectivity index (χ2v) is 8.40. The molecule has 4 aliphatic rings. The molecule has 4 heterocycles. The van der Waals surface area contributed by atoms with Gasteiger partial charge in [0.25, 0.3) is 0 Å². The van der Waals surface area contributed by atoms with Crippen LogP contribution in [0.4, 0.5) is 0 Å². The Bertz CT molecular complexity index is 663. The first-order valence-corrected chi connectivity index (χ1v) is 10.5. The normalized spacial score (nSPS) is 26.3. The number of rotatable bonds is 5. The van der Waals surface area contributed by atoms with Gasteiger partial charge in [0, 0.05) is 58.2 Å². The molecule has 0 radical (unpaired) electrons. The third-order valence-electron chi connectivity index (χ3n) is 6.43. The summed E-state index contributed by atoms with van der Waals surface area (Å²) in [4.78, 5) is 31.4. The van der Waals surface area contributed by atoms with Crippen LogP contribution in [0.5, 0.6) is 0 Å². The molecule has 1 aromatic carbocycles. The molecule has 2 atom stereocenters. The Morgan fingerprint density at radius 1 is 1.04 bits per heavy atom. The Labute approximate surface area is 162 Å². The summed E-state index contributed by atoms with van der Waals surface area (Å²) in [5, 5.41) is 0. The van der Waals surface area contributed by atoms with Crippen LogP contribution in [0.3, 0.4) is 0 Å². The topological polar surface area (TPSA) is 43.9 Å². The van der Waals surface area contributed by atoms with Crippen molar-refractivity contribution in [2.24, 2.45) is 5.92 Å². The third kappa shape index (κ3) is 4.52. The van der Waals surface area contributed by atoms with E-state index >= 15 is 0 Å². The van der Waals surface area contributed by atoms with Crippen LogP contribution in [0.2, 0.25) is 0 Å². The summed E-state index contributed by atoms with van der Waals surface area (Å²) >= 11 is 0. The number of hydrogen-bond acceptors (Lipinski definition) is 3. The van der Waals surface area contributed by atoms with Crippen LogP contribution >= 0.6 is 0 Å². The molecule has 0 saturated carbocycles. The zero-order valence-electron chi connectivity index (χ0n) is 16.2. The quantitative estimate of drug-likeness (QED) is 0.801. The maximum Gasteiger partial charge on any atom is 0.224 e. The van der Waals surface area contributed by atoms with Crippen LogP contribution in [0, 0.1) is 5.92 Å². The molecule has 0 aromatic heterocycles. The van der Waals surface area contributed by atoms with Gasteiger partial charge in [0.1, 0.15) is 0 Å². The number of carbonyl (C=O) groups excluding carboxylic acids is 2. The molecular weight excluding hydrogens is 338 g/mol. The molecule has 2 amide bonds. The van der Waals surface area contributed by atoms with Crippen molar-refractivity contribution in [1.29, 1.82) is 0 Å². The number of likely N-dealkylation sites (tertiary alicyclic amines) is 1. The number of piperidine rings is 2. The van der Waals surface area contributed by atoms with Crippen LogP contribution in [0.25, 0.3) is 0 Å². The minimum atomic E-state index is 0.221. The van der Waals surface area contributed by atoms with Gasteiger partial charge in [0.05, 0.1) is 0 Å². The highest BCUT2D eigenvalue weighted by atomic mass is 16.2. The van der Waals surface area contributed by atoms with Crippen LogP contribution in [0.1, 0.15) is 44.1 Å². The fourth-order valence-corrected chi connectivity index (χ4v) is 4.88. The lowest BCUT2D eigenvalue weighted by molar-refractivity contribution is -0.135. The highest BCUT2D eigenvalue weighted by Gasteiger charge is 2.36. The van der Waals surface area contributed by atoms with Crippen molar-refractivity contribution in [3.63, 3.8) is 0 Å². The van der Waals surface area contributed by atoms with Crippen molar-refractivity contribution >= 4 is 11.8 Å². The number of nitrogens with zero attached hydrogens (tertiary/aromatic N) is 3. The zero-order valence-corrected chi connectivity index (χ0v) is 16.2. The number of carbonyl (C=O) groups is 2. The first kappa shape index (κ1) is 18.5. The minimum Gasteiger partial charge on any atom is -0.342 e. The van der Waals surface area contributed by atoms with E-state index < -0.39 is 0 Å². The predicted molar refractivity (Wildman–Crippen MR) is 105 cm³/mol. The summed E-state index contributed by atoms with van der Waals surface area (Å²) in [6.07, 6.45) is 5.61. The van der Waals surface area contributed by atoms with Crippen LogP contribution in [-0.4, -0.2) is 65.3 Å². The molecule has 1 aromatic rings. The average Bonchev–Trinajstić information content (AvgIpc) is 3.00. The molecule has 0 N–H and O–H groups in total. The molecule has 0 spiro atoms. The van der Waals surface area contributed by atoms with Crippen molar-refractivity contribution < 1.29 is 9.59 Å². The first-order valence-electron chi connectivity index (χ1n) is 10.5. The number of hydrogen-bond donors (Lipinski definition) is 0. The smallest absolute Gasteiger partial charge is 0.224 e. The Morgan fingerprint density at radius 3 is 2.70 bits per heavy atom. The molecule has 4 fully saturated rings. The Balaban J connectivity index is 1.33. The highest BCUT2D eigenvalue weighted by molar-refractivity contribution is 5.79. The van der Waals surface area contributed by atoms with Crippen molar-refractivity contribution in [2.45, 2.75) is 51.1 Å². The van der Waals surface area contributed by atoms with E-state index in [0.29, 0.717) is 31.3 Å². The van der Waals surface area contributed by atoms with Gasteiger partial charge >= 0.3 is 0 Å². The van der Waals surface area contributed by atoms with Gasteiger partial charge < -0.3 is 9.80 Å². The van der Waals surface area contributed by atoms with Crippen molar-refractivity contribution in [2.75, 3.05) is 32.7 Å². The van der Waals surface area contributed by atoms with Crippen LogP contribution in [-0.2, 0) is 16.1 Å². The van der Waals surface area contributed by atoms with Gasteiger partial charge in [0.2, 0.25) is 11.8 Å². The van der Waals surface area contributed by atoms with E-state index in [1.54, 1.807) is 0 Å². The lowest BCUT2D eigenvalue weighted by Crippen LogP contribution is -2.44. The summed E-state index contributed by atoms with van der Waals surface area (Å²) in [6, 6.07) is 11.1. The van der Waals surface area contributed by atoms with Gasteiger partial charge in [-0.05, 0) is 37.2 Å². The van der Waals surface area contributed by atoms with E-state index in [-0.39, 0.29) is 11.8 Å². The summed E-state index contributed by atoms with van der Waals surface area (Å²) in [6.45, 7) is 5.21. The average molecular weight is 370 g/mol. The van der Waals surface area contributed by atoms with Gasteiger partial charge in [-0.1, -0.05) is 30.3 Å². The van der Waals surface area contributed by atoms with E-state index in [4.69, 9.17) is 0 Å². The highest BCUT2D eigenvalue weighted by Crippen LogP contribution is 2.29. The molecule has 5 nitrogen and oxygen atoms in total. The van der Waals surface area contributed by atoms with Gasteiger partial charge in [-0.25, -0.2) is 0 Å². The molecule has 4 aliphatic heterocycles. The van der Waals surface area contributed by atoms with Gasteiger partial charge in [-0.3, -0.25) is 14.5 Å². The maximum absolute atomic E-state index is 12.9. The largest absolute Gasteiger partial charge is 0.342 e. The van der Waals surface area contributed by atoms with Crippen molar-refractivity contribution in [1.82, 2.24) is 14.7 Å². The van der Waals surface area contributed by atoms with E-state index in [9.17, 15) is 9.59 Å². The monoisotopic (exact) mass is 369 g/mol. The fraction of sp³-hybridized carbons (Fsp3) is 0.636. The second-order valence-electron chi connectivity index (χ2n) is 8.40. The van der Waals surface area contributed by atoms with Gasteiger partial charge in [-0.15, -0.1) is 0 Å². The van der Waals surface area contributed by atoms with E-state index in [1.807, 2.05) is 4.90 Å². The Hall–Kier alpha value is -1.88. The lowest BCUT2D eigenvalue weighted by Gasteiger charge is -2.36. The minimum absolute atomic E-state index is 0.221.